The predicted octanol–water partition coefficient (Wildman–Crippen LogP) is 3.93. The number of carbonyl (C=O) groups is 2. The average Bonchev–Trinajstić information content (AvgIpc) is 2.73. The Balaban J connectivity index is 2.49. The Kier molecular flexibility index (Phi) is 9.17. The van der Waals surface area contributed by atoms with Gasteiger partial charge in [0.1, 0.15) is 12.6 Å². The van der Waals surface area contributed by atoms with Crippen LogP contribution in [0.25, 0.3) is 0 Å². The lowest BCUT2D eigenvalue weighted by Gasteiger charge is -2.32. The van der Waals surface area contributed by atoms with Gasteiger partial charge < -0.3 is 10.2 Å². The number of nitrogens with zero attached hydrogens (tertiary/aromatic N) is 2. The largest absolute Gasteiger partial charge is 0.355 e. The molecule has 0 radical (unpaired) electrons. The van der Waals surface area contributed by atoms with Gasteiger partial charge in [0.25, 0.3) is 0 Å². The molecule has 1 N–H and O–H groups in total. The molecule has 7 nitrogen and oxygen atoms in total. The highest BCUT2D eigenvalue weighted by molar-refractivity contribution is 7.92. The van der Waals surface area contributed by atoms with Crippen LogP contribution in [0.2, 0.25) is 10.0 Å². The van der Waals surface area contributed by atoms with E-state index in [-0.39, 0.29) is 12.5 Å². The van der Waals surface area contributed by atoms with E-state index in [1.807, 2.05) is 13.0 Å². The first-order chi connectivity index (χ1) is 15.4. The first-order valence-corrected chi connectivity index (χ1v) is 13.0. The molecule has 2 rings (SSSR count). The molecule has 2 amide bonds. The van der Waals surface area contributed by atoms with Crippen molar-refractivity contribution in [3.05, 3.63) is 63.1 Å². The van der Waals surface area contributed by atoms with E-state index in [4.69, 9.17) is 23.2 Å². The molecule has 0 fully saturated rings. The first kappa shape index (κ1) is 27.0. The molecule has 0 saturated carbocycles. The van der Waals surface area contributed by atoms with Crippen molar-refractivity contribution in [1.29, 1.82) is 0 Å². The molecule has 0 spiro atoms. The Labute approximate surface area is 205 Å². The molecule has 33 heavy (non-hydrogen) atoms. The maximum Gasteiger partial charge on any atom is 0.244 e. The molecule has 0 aliphatic heterocycles. The van der Waals surface area contributed by atoms with E-state index >= 15 is 0 Å². The lowest BCUT2D eigenvalue weighted by Crippen LogP contribution is -2.51. The Morgan fingerprint density at radius 1 is 1.06 bits per heavy atom. The predicted molar refractivity (Wildman–Crippen MR) is 133 cm³/mol. The monoisotopic (exact) mass is 513 g/mol. The summed E-state index contributed by atoms with van der Waals surface area (Å²) in [4.78, 5) is 27.4. The fourth-order valence-corrected chi connectivity index (χ4v) is 4.78. The van der Waals surface area contributed by atoms with Crippen molar-refractivity contribution in [3.8, 4) is 0 Å². The van der Waals surface area contributed by atoms with Gasteiger partial charge in [0, 0.05) is 28.7 Å². The molecule has 0 bridgehead atoms. The summed E-state index contributed by atoms with van der Waals surface area (Å²) in [5.74, 6) is -0.928. The third-order valence-electron chi connectivity index (χ3n) is 5.43. The number of nitrogens with one attached hydrogen (secondary N) is 1. The van der Waals surface area contributed by atoms with Crippen molar-refractivity contribution >= 4 is 50.7 Å². The van der Waals surface area contributed by atoms with Gasteiger partial charge in [-0.15, -0.1) is 0 Å². The maximum absolute atomic E-state index is 13.5. The van der Waals surface area contributed by atoms with Crippen LogP contribution in [0.15, 0.2) is 36.4 Å². The van der Waals surface area contributed by atoms with Crippen molar-refractivity contribution < 1.29 is 18.0 Å². The van der Waals surface area contributed by atoms with E-state index in [0.29, 0.717) is 27.8 Å². The van der Waals surface area contributed by atoms with Gasteiger partial charge in [-0.25, -0.2) is 8.42 Å². The highest BCUT2D eigenvalue weighted by Gasteiger charge is 2.31. The number of benzene rings is 2. The molecule has 180 valence electrons. The van der Waals surface area contributed by atoms with Crippen molar-refractivity contribution in [2.75, 3.05) is 23.7 Å². The Hall–Kier alpha value is -2.29. The Morgan fingerprint density at radius 3 is 2.18 bits per heavy atom. The van der Waals surface area contributed by atoms with Crippen LogP contribution in [0.5, 0.6) is 0 Å². The number of aryl methyl sites for hydroxylation is 1. The number of anilines is 1. The van der Waals surface area contributed by atoms with Crippen molar-refractivity contribution in [3.63, 3.8) is 0 Å². The summed E-state index contributed by atoms with van der Waals surface area (Å²) in [5, 5.41) is 3.39. The molecule has 10 heteroatoms. The summed E-state index contributed by atoms with van der Waals surface area (Å²) in [6, 6.07) is 9.33. The second-order valence-electron chi connectivity index (χ2n) is 7.78. The van der Waals surface area contributed by atoms with Crippen LogP contribution in [0, 0.1) is 13.8 Å². The van der Waals surface area contributed by atoms with Gasteiger partial charge >= 0.3 is 0 Å². The summed E-state index contributed by atoms with van der Waals surface area (Å²) >= 11 is 12.6. The quantitative estimate of drug-likeness (QED) is 0.550. The molecule has 0 aliphatic rings. The number of carbonyl (C=O) groups excluding carboxylic acids is 2. The number of hydrogen-bond acceptors (Lipinski definition) is 4. The fraction of sp³-hybridized carbons (Fsp3) is 0.391. The average molecular weight is 514 g/mol. The highest BCUT2D eigenvalue weighted by atomic mass is 35.5. The maximum atomic E-state index is 13.5. The lowest BCUT2D eigenvalue weighted by atomic mass is 10.1. The van der Waals surface area contributed by atoms with Crippen LogP contribution >= 0.6 is 23.2 Å². The highest BCUT2D eigenvalue weighted by Crippen LogP contribution is 2.28. The summed E-state index contributed by atoms with van der Waals surface area (Å²) in [5.41, 5.74) is 2.52. The van der Waals surface area contributed by atoms with Crippen LogP contribution in [-0.4, -0.2) is 50.5 Å². The number of sulfonamides is 1. The minimum absolute atomic E-state index is 0.0555. The van der Waals surface area contributed by atoms with Crippen molar-refractivity contribution in [2.24, 2.45) is 0 Å². The van der Waals surface area contributed by atoms with E-state index < -0.39 is 28.5 Å². The summed E-state index contributed by atoms with van der Waals surface area (Å²) in [7, 11) is -3.80. The van der Waals surface area contributed by atoms with Crippen LogP contribution in [0.4, 0.5) is 5.69 Å². The van der Waals surface area contributed by atoms with Gasteiger partial charge in [-0.3, -0.25) is 13.9 Å². The molecule has 0 saturated heterocycles. The third kappa shape index (κ3) is 6.62. The third-order valence-corrected chi connectivity index (χ3v) is 7.27. The van der Waals surface area contributed by atoms with E-state index in [9.17, 15) is 18.0 Å². The standard InChI is InChI=1S/C23H29Cl2N3O4S/c1-6-26-23(30)17(4)27(13-18-19(24)10-8-11-20(18)25)22(29)14-28(33(5,31)32)21-12-7-9-15(2)16(21)3/h7-12,17H,6,13-14H2,1-5H3,(H,26,30)/t17-/m0/s1. The molecular weight excluding hydrogens is 485 g/mol. The molecular formula is C23H29Cl2N3O4S. The van der Waals surface area contributed by atoms with Crippen molar-refractivity contribution in [1.82, 2.24) is 10.2 Å². The molecule has 0 aliphatic carbocycles. The van der Waals surface area contributed by atoms with Crippen molar-refractivity contribution in [2.45, 2.75) is 40.3 Å². The van der Waals surface area contributed by atoms with Gasteiger partial charge in [0.05, 0.1) is 11.9 Å². The molecule has 2 aromatic rings. The summed E-state index contributed by atoms with van der Waals surface area (Å²) < 4.78 is 26.4. The second-order valence-corrected chi connectivity index (χ2v) is 10.5. The first-order valence-electron chi connectivity index (χ1n) is 10.4. The van der Waals surface area contributed by atoms with Gasteiger partial charge in [0.2, 0.25) is 21.8 Å². The van der Waals surface area contributed by atoms with Crippen LogP contribution in [0.1, 0.15) is 30.5 Å². The topological polar surface area (TPSA) is 86.8 Å². The minimum atomic E-state index is -3.80. The van der Waals surface area contributed by atoms with Gasteiger partial charge in [0.15, 0.2) is 0 Å². The fourth-order valence-electron chi connectivity index (χ4n) is 3.36. The zero-order valence-corrected chi connectivity index (χ0v) is 21.7. The van der Waals surface area contributed by atoms with E-state index in [1.54, 1.807) is 51.1 Å². The minimum Gasteiger partial charge on any atom is -0.355 e. The number of amides is 2. The molecule has 0 heterocycles. The molecule has 1 atom stereocenters. The van der Waals surface area contributed by atoms with E-state index in [2.05, 4.69) is 5.32 Å². The van der Waals surface area contributed by atoms with E-state index in [0.717, 1.165) is 21.7 Å². The van der Waals surface area contributed by atoms with Crippen LogP contribution < -0.4 is 9.62 Å². The zero-order valence-electron chi connectivity index (χ0n) is 19.4. The normalized spacial score (nSPS) is 12.2. The summed E-state index contributed by atoms with van der Waals surface area (Å²) in [6.45, 7) is 6.87. The van der Waals surface area contributed by atoms with E-state index in [1.165, 1.54) is 4.90 Å². The Bertz CT molecular complexity index is 1120. The van der Waals surface area contributed by atoms with Crippen LogP contribution in [-0.2, 0) is 26.2 Å². The summed E-state index contributed by atoms with van der Waals surface area (Å²) in [6.07, 6.45) is 1.05. The zero-order chi connectivity index (χ0) is 24.9. The molecule has 0 aromatic heterocycles. The second kappa shape index (κ2) is 11.2. The number of rotatable bonds is 9. The number of halogens is 2. The molecule has 2 aromatic carbocycles. The molecule has 0 unspecified atom stereocenters. The van der Waals surface area contributed by atoms with Gasteiger partial charge in [-0.05, 0) is 57.0 Å². The lowest BCUT2D eigenvalue weighted by molar-refractivity contribution is -0.139. The number of likely N-dealkylation sites (N-methyl/N-ethyl adjacent to an activating group) is 1. The van der Waals surface area contributed by atoms with Crippen LogP contribution in [0.3, 0.4) is 0 Å². The SMILES string of the molecule is CCNC(=O)[C@H](C)N(Cc1c(Cl)cccc1Cl)C(=O)CN(c1cccc(C)c1C)S(C)(=O)=O. The Morgan fingerprint density at radius 2 is 1.64 bits per heavy atom. The number of hydrogen-bond donors (Lipinski definition) is 1. The van der Waals surface area contributed by atoms with Gasteiger partial charge in [-0.1, -0.05) is 41.4 Å². The smallest absolute Gasteiger partial charge is 0.244 e. The van der Waals surface area contributed by atoms with Gasteiger partial charge in [-0.2, -0.15) is 0 Å².